The molecule has 1 aliphatic carbocycles. The Morgan fingerprint density at radius 3 is 2.96 bits per heavy atom. The number of nitrogens with zero attached hydrogens (tertiary/aromatic N) is 7. The summed E-state index contributed by atoms with van der Waals surface area (Å²) in [5.74, 6) is 1.94. The number of aromatic nitrogens is 4. The number of anilines is 2. The van der Waals surface area contributed by atoms with Crippen molar-refractivity contribution >= 4 is 29.7 Å². The summed E-state index contributed by atoms with van der Waals surface area (Å²) < 4.78 is 7.41. The minimum absolute atomic E-state index is 0.0150. The first kappa shape index (κ1) is 14.3. The van der Waals surface area contributed by atoms with E-state index in [0.717, 1.165) is 29.9 Å². The van der Waals surface area contributed by atoms with Crippen molar-refractivity contribution in [2.45, 2.75) is 31.3 Å². The highest BCUT2D eigenvalue weighted by Gasteiger charge is 2.46. The minimum Gasteiger partial charge on any atom is -0.337 e. The monoisotopic (exact) mass is 367 g/mol. The van der Waals surface area contributed by atoms with E-state index < -0.39 is 0 Å². The molecule has 1 saturated carbocycles. The van der Waals surface area contributed by atoms with E-state index in [0.29, 0.717) is 17.1 Å². The van der Waals surface area contributed by atoms with Crippen molar-refractivity contribution in [3.8, 4) is 5.69 Å². The van der Waals surface area contributed by atoms with E-state index in [4.69, 9.17) is 16.1 Å². The van der Waals surface area contributed by atoms with Crippen LogP contribution in [-0.4, -0.2) is 26.0 Å². The lowest BCUT2D eigenvalue weighted by molar-refractivity contribution is 0.352. The van der Waals surface area contributed by atoms with Crippen LogP contribution in [0.3, 0.4) is 0 Å². The van der Waals surface area contributed by atoms with Crippen LogP contribution in [0, 0.1) is 0 Å². The van der Waals surface area contributed by atoms with Gasteiger partial charge in [0.1, 0.15) is 6.34 Å². The van der Waals surface area contributed by atoms with Crippen LogP contribution in [-0.2, 0) is 5.41 Å². The Morgan fingerprint density at radius 1 is 1.27 bits per heavy atom. The molecule has 1 atom stereocenters. The molecule has 0 bridgehead atoms. The maximum absolute atomic E-state index is 6.36. The molecule has 2 aliphatic heterocycles. The van der Waals surface area contributed by atoms with E-state index in [1.54, 1.807) is 17.5 Å². The standard InChI is InChI=1S/C17H14ClN7O/c1-17(6-7-17)14-21-16(22-26-14)23-9-20-13-10-4-2-3-5-11(10)24-12(25(13)23)8-19-15(24)18/h2-5,8-9,13H,6-7H2,1H3. The summed E-state index contributed by atoms with van der Waals surface area (Å²) in [5.41, 5.74) is 2.03. The molecule has 0 spiro atoms. The molecule has 9 heteroatoms. The van der Waals surface area contributed by atoms with Crippen LogP contribution in [0.15, 0.2) is 40.0 Å². The summed E-state index contributed by atoms with van der Waals surface area (Å²) in [6.45, 7) is 2.14. The highest BCUT2D eigenvalue weighted by atomic mass is 35.5. The van der Waals surface area contributed by atoms with Gasteiger partial charge in [0.2, 0.25) is 11.2 Å². The van der Waals surface area contributed by atoms with E-state index in [1.165, 1.54) is 0 Å². The van der Waals surface area contributed by atoms with Gasteiger partial charge < -0.3 is 4.52 Å². The van der Waals surface area contributed by atoms with Gasteiger partial charge in [-0.15, -0.1) is 0 Å². The molecule has 0 amide bonds. The topological polar surface area (TPSA) is 75.6 Å². The second-order valence-electron chi connectivity index (χ2n) is 7.07. The molecule has 0 radical (unpaired) electrons. The Hall–Kier alpha value is -2.87. The predicted octanol–water partition coefficient (Wildman–Crippen LogP) is 3.24. The first-order valence-corrected chi connectivity index (χ1v) is 8.82. The SMILES string of the molecule is CC1(c2nc(N3C=NC4c5ccccc5-n5c(cnc5Cl)N43)no2)CC1. The highest BCUT2D eigenvalue weighted by Crippen LogP contribution is 2.48. The van der Waals surface area contributed by atoms with Gasteiger partial charge in [-0.25, -0.2) is 20.0 Å². The summed E-state index contributed by atoms with van der Waals surface area (Å²) in [4.78, 5) is 13.6. The van der Waals surface area contributed by atoms with Gasteiger partial charge >= 0.3 is 0 Å². The Morgan fingerprint density at radius 2 is 2.12 bits per heavy atom. The summed E-state index contributed by atoms with van der Waals surface area (Å²) in [7, 11) is 0. The molecule has 130 valence electrons. The first-order valence-electron chi connectivity index (χ1n) is 8.44. The number of rotatable bonds is 2. The average molecular weight is 368 g/mol. The minimum atomic E-state index is -0.218. The fraction of sp³-hybridized carbons (Fsp3) is 0.294. The van der Waals surface area contributed by atoms with Crippen molar-refractivity contribution in [3.63, 3.8) is 0 Å². The molecule has 0 saturated heterocycles. The number of hydrazine groups is 1. The zero-order valence-corrected chi connectivity index (χ0v) is 14.6. The highest BCUT2D eigenvalue weighted by molar-refractivity contribution is 6.29. The van der Waals surface area contributed by atoms with Gasteiger partial charge in [0, 0.05) is 11.0 Å². The lowest BCUT2D eigenvalue weighted by Crippen LogP contribution is -2.43. The zero-order chi connectivity index (χ0) is 17.5. The molecular formula is C17H14ClN7O. The molecule has 1 aromatic carbocycles. The molecule has 0 N–H and O–H groups in total. The van der Waals surface area contributed by atoms with Crippen LogP contribution in [0.1, 0.15) is 37.4 Å². The number of hydrogen-bond donors (Lipinski definition) is 0. The maximum atomic E-state index is 6.36. The molecule has 3 aliphatic rings. The molecule has 6 rings (SSSR count). The lowest BCUT2D eigenvalue weighted by atomic mass is 10.1. The number of para-hydroxylation sites is 1. The third-order valence-electron chi connectivity index (χ3n) is 5.31. The molecule has 26 heavy (non-hydrogen) atoms. The smallest absolute Gasteiger partial charge is 0.290 e. The molecule has 2 aromatic heterocycles. The van der Waals surface area contributed by atoms with Crippen molar-refractivity contribution in [2.75, 3.05) is 10.0 Å². The predicted molar refractivity (Wildman–Crippen MR) is 95.6 cm³/mol. The van der Waals surface area contributed by atoms with E-state index in [-0.39, 0.29) is 11.6 Å². The van der Waals surface area contributed by atoms with E-state index in [2.05, 4.69) is 27.0 Å². The molecule has 1 fully saturated rings. The van der Waals surface area contributed by atoms with E-state index in [9.17, 15) is 0 Å². The molecule has 4 heterocycles. The number of imidazole rings is 1. The van der Waals surface area contributed by atoms with Crippen LogP contribution < -0.4 is 10.0 Å². The summed E-state index contributed by atoms with van der Waals surface area (Å²) in [6, 6.07) is 8.03. The van der Waals surface area contributed by atoms with Crippen LogP contribution in [0.2, 0.25) is 5.28 Å². The van der Waals surface area contributed by atoms with Crippen molar-refractivity contribution in [2.24, 2.45) is 4.99 Å². The van der Waals surface area contributed by atoms with Crippen LogP contribution in [0.25, 0.3) is 5.69 Å². The number of halogens is 1. The van der Waals surface area contributed by atoms with Crippen molar-refractivity contribution in [3.05, 3.63) is 47.2 Å². The van der Waals surface area contributed by atoms with Gasteiger partial charge in [0.05, 0.1) is 11.9 Å². The molecule has 8 nitrogen and oxygen atoms in total. The number of benzene rings is 1. The van der Waals surface area contributed by atoms with E-state index >= 15 is 0 Å². The summed E-state index contributed by atoms with van der Waals surface area (Å²) >= 11 is 6.36. The second-order valence-corrected chi connectivity index (χ2v) is 7.41. The zero-order valence-electron chi connectivity index (χ0n) is 13.9. The summed E-state index contributed by atoms with van der Waals surface area (Å²) in [5, 5.41) is 8.35. The Labute approximate surface area is 153 Å². The summed E-state index contributed by atoms with van der Waals surface area (Å²) in [6.07, 6.45) is 5.39. The Kier molecular flexibility index (Phi) is 2.56. The largest absolute Gasteiger partial charge is 0.337 e. The van der Waals surface area contributed by atoms with Crippen molar-refractivity contribution in [1.82, 2.24) is 19.7 Å². The van der Waals surface area contributed by atoms with Crippen LogP contribution in [0.4, 0.5) is 11.8 Å². The molecule has 1 unspecified atom stereocenters. The maximum Gasteiger partial charge on any atom is 0.290 e. The molecular weight excluding hydrogens is 354 g/mol. The second kappa shape index (κ2) is 4.64. The van der Waals surface area contributed by atoms with Crippen LogP contribution in [0.5, 0.6) is 0 Å². The van der Waals surface area contributed by atoms with Crippen LogP contribution >= 0.6 is 11.6 Å². The third kappa shape index (κ3) is 1.74. The van der Waals surface area contributed by atoms with Crippen molar-refractivity contribution in [1.29, 1.82) is 0 Å². The number of aliphatic imine (C=N–C) groups is 1. The van der Waals surface area contributed by atoms with E-state index in [1.807, 2.05) is 33.8 Å². The van der Waals surface area contributed by atoms with Crippen molar-refractivity contribution < 1.29 is 4.52 Å². The third-order valence-corrected chi connectivity index (χ3v) is 5.57. The quantitative estimate of drug-likeness (QED) is 0.692. The fourth-order valence-corrected chi connectivity index (χ4v) is 3.76. The normalized spacial score (nSPS) is 21.5. The lowest BCUT2D eigenvalue weighted by Gasteiger charge is -2.36. The van der Waals surface area contributed by atoms with Gasteiger partial charge in [0.15, 0.2) is 12.0 Å². The Bertz CT molecular complexity index is 1070. The van der Waals surface area contributed by atoms with Gasteiger partial charge in [-0.3, -0.25) is 4.57 Å². The number of hydrogen-bond acceptors (Lipinski definition) is 7. The average Bonchev–Trinajstić information content (AvgIpc) is 3.06. The molecule has 3 aromatic rings. The van der Waals surface area contributed by atoms with Gasteiger partial charge in [-0.05, 0) is 35.7 Å². The number of fused-ring (bicyclic) bond motifs is 6. The Balaban J connectivity index is 1.49. The van der Waals surface area contributed by atoms with Gasteiger partial charge in [-0.2, -0.15) is 4.98 Å². The van der Waals surface area contributed by atoms with Gasteiger partial charge in [0.25, 0.3) is 5.95 Å². The van der Waals surface area contributed by atoms with Gasteiger partial charge in [-0.1, -0.05) is 25.1 Å². The fourth-order valence-electron chi connectivity index (χ4n) is 3.53. The first-order chi connectivity index (χ1) is 12.7.